The van der Waals surface area contributed by atoms with Crippen LogP contribution in [-0.4, -0.2) is 42.1 Å². The maximum absolute atomic E-state index is 12.6. The van der Waals surface area contributed by atoms with Crippen molar-refractivity contribution in [3.63, 3.8) is 0 Å². The number of carbonyl (C=O) groups is 1. The number of rotatable bonds is 4. The fraction of sp³-hybridized carbons (Fsp3) is 0.200. The Morgan fingerprint density at radius 3 is 2.77 bits per heavy atom. The number of furan rings is 1. The molecule has 0 saturated heterocycles. The van der Waals surface area contributed by atoms with Gasteiger partial charge in [0.15, 0.2) is 17.6 Å². The molecule has 3 heterocycles. The molecule has 1 atom stereocenters. The maximum Gasteiger partial charge on any atom is 0.255 e. The van der Waals surface area contributed by atoms with Crippen molar-refractivity contribution in [1.82, 2.24) is 9.88 Å². The maximum atomic E-state index is 12.6. The van der Waals surface area contributed by atoms with E-state index in [1.54, 1.807) is 36.7 Å². The van der Waals surface area contributed by atoms with Gasteiger partial charge in [-0.2, -0.15) is 0 Å². The molecule has 1 aliphatic heterocycles. The standard InChI is InChI=1S/C20H18N2O4/c1-22(11-16-13-25-18-4-2-3-5-19(18)26-16)20(23)14-6-7-17(21-10-14)15-8-9-24-12-15/h2-10,12,16H,11,13H2,1H3/t16-/m1/s1. The minimum absolute atomic E-state index is 0.112. The molecule has 4 rings (SSSR count). The Morgan fingerprint density at radius 1 is 1.19 bits per heavy atom. The van der Waals surface area contributed by atoms with Gasteiger partial charge in [-0.05, 0) is 30.3 Å². The first-order chi connectivity index (χ1) is 12.7. The van der Waals surface area contributed by atoms with Crippen molar-refractivity contribution in [2.45, 2.75) is 6.10 Å². The molecular weight excluding hydrogens is 332 g/mol. The molecule has 0 unspecified atom stereocenters. The number of amides is 1. The predicted molar refractivity (Wildman–Crippen MR) is 95.3 cm³/mol. The van der Waals surface area contributed by atoms with Crippen LogP contribution in [0.25, 0.3) is 11.3 Å². The highest BCUT2D eigenvalue weighted by atomic mass is 16.6. The minimum Gasteiger partial charge on any atom is -0.486 e. The zero-order valence-electron chi connectivity index (χ0n) is 14.3. The third-order valence-electron chi connectivity index (χ3n) is 4.22. The molecular formula is C20H18N2O4. The van der Waals surface area contributed by atoms with Crippen LogP contribution in [0.4, 0.5) is 0 Å². The van der Waals surface area contributed by atoms with Crippen LogP contribution >= 0.6 is 0 Å². The Hall–Kier alpha value is -3.28. The van der Waals surface area contributed by atoms with Crippen molar-refractivity contribution >= 4 is 5.91 Å². The largest absolute Gasteiger partial charge is 0.486 e. The van der Waals surface area contributed by atoms with Crippen molar-refractivity contribution in [1.29, 1.82) is 0 Å². The Morgan fingerprint density at radius 2 is 2.04 bits per heavy atom. The van der Waals surface area contributed by atoms with E-state index in [0.717, 1.165) is 17.0 Å². The van der Waals surface area contributed by atoms with Gasteiger partial charge < -0.3 is 18.8 Å². The molecule has 0 spiro atoms. The molecule has 26 heavy (non-hydrogen) atoms. The molecule has 1 aliphatic rings. The normalized spacial score (nSPS) is 15.5. The summed E-state index contributed by atoms with van der Waals surface area (Å²) in [6, 6.07) is 12.9. The van der Waals surface area contributed by atoms with Gasteiger partial charge in [0.05, 0.1) is 30.3 Å². The summed E-state index contributed by atoms with van der Waals surface area (Å²) in [5.74, 6) is 1.33. The quantitative estimate of drug-likeness (QED) is 0.723. The Balaban J connectivity index is 1.40. The van der Waals surface area contributed by atoms with Gasteiger partial charge in [-0.3, -0.25) is 9.78 Å². The van der Waals surface area contributed by atoms with Gasteiger partial charge >= 0.3 is 0 Å². The summed E-state index contributed by atoms with van der Waals surface area (Å²) < 4.78 is 16.7. The summed E-state index contributed by atoms with van der Waals surface area (Å²) in [7, 11) is 1.75. The van der Waals surface area contributed by atoms with Crippen LogP contribution in [-0.2, 0) is 0 Å². The number of hydrogen-bond acceptors (Lipinski definition) is 5. The van der Waals surface area contributed by atoms with Gasteiger partial charge in [0.1, 0.15) is 6.61 Å². The van der Waals surface area contributed by atoms with Crippen LogP contribution in [0.3, 0.4) is 0 Å². The molecule has 6 nitrogen and oxygen atoms in total. The van der Waals surface area contributed by atoms with Crippen LogP contribution in [0.5, 0.6) is 11.5 Å². The summed E-state index contributed by atoms with van der Waals surface area (Å²) in [4.78, 5) is 18.6. The summed E-state index contributed by atoms with van der Waals surface area (Å²) in [6.45, 7) is 0.836. The summed E-state index contributed by atoms with van der Waals surface area (Å²) in [5.41, 5.74) is 2.17. The van der Waals surface area contributed by atoms with Crippen molar-refractivity contribution in [2.75, 3.05) is 20.2 Å². The number of nitrogens with zero attached hydrogens (tertiary/aromatic N) is 2. The van der Waals surface area contributed by atoms with Gasteiger partial charge in [-0.15, -0.1) is 0 Å². The second-order valence-electron chi connectivity index (χ2n) is 6.13. The molecule has 0 radical (unpaired) electrons. The molecule has 0 fully saturated rings. The van der Waals surface area contributed by atoms with Crippen LogP contribution < -0.4 is 9.47 Å². The fourth-order valence-corrected chi connectivity index (χ4v) is 2.86. The molecule has 6 heteroatoms. The van der Waals surface area contributed by atoms with Gasteiger partial charge in [-0.25, -0.2) is 0 Å². The molecule has 0 saturated carbocycles. The lowest BCUT2D eigenvalue weighted by Crippen LogP contribution is -2.41. The summed E-state index contributed by atoms with van der Waals surface area (Å²) >= 11 is 0. The lowest BCUT2D eigenvalue weighted by atomic mass is 10.1. The molecule has 0 aliphatic carbocycles. The van der Waals surface area contributed by atoms with Crippen molar-refractivity contribution < 1.29 is 18.7 Å². The topological polar surface area (TPSA) is 64.8 Å². The third kappa shape index (κ3) is 3.26. The van der Waals surface area contributed by atoms with E-state index in [2.05, 4.69) is 4.98 Å². The number of hydrogen-bond donors (Lipinski definition) is 0. The summed E-state index contributed by atoms with van der Waals surface area (Å²) in [5, 5.41) is 0. The second-order valence-corrected chi connectivity index (χ2v) is 6.13. The number of likely N-dealkylation sites (N-methyl/N-ethyl adjacent to an activating group) is 1. The Bertz CT molecular complexity index is 890. The van der Waals surface area contributed by atoms with E-state index in [9.17, 15) is 4.79 Å². The second kappa shape index (κ2) is 6.92. The average Bonchev–Trinajstić information content (AvgIpc) is 3.22. The number of para-hydroxylation sites is 2. The minimum atomic E-state index is -0.211. The molecule has 1 amide bonds. The lowest BCUT2D eigenvalue weighted by molar-refractivity contribution is 0.0520. The van der Waals surface area contributed by atoms with Gasteiger partial charge in [-0.1, -0.05) is 12.1 Å². The number of carbonyl (C=O) groups excluding carboxylic acids is 1. The van der Waals surface area contributed by atoms with Crippen LogP contribution in [0.2, 0.25) is 0 Å². The van der Waals surface area contributed by atoms with Crippen LogP contribution in [0.15, 0.2) is 65.6 Å². The van der Waals surface area contributed by atoms with E-state index < -0.39 is 0 Å². The Kier molecular flexibility index (Phi) is 4.31. The molecule has 1 aromatic carbocycles. The monoisotopic (exact) mass is 350 g/mol. The number of benzene rings is 1. The Labute approximate surface area is 151 Å². The average molecular weight is 350 g/mol. The highest BCUT2D eigenvalue weighted by Gasteiger charge is 2.24. The molecule has 132 valence electrons. The summed E-state index contributed by atoms with van der Waals surface area (Å²) in [6.07, 6.45) is 4.58. The number of aromatic nitrogens is 1. The van der Waals surface area contributed by atoms with Gasteiger partial charge in [0.25, 0.3) is 5.91 Å². The van der Waals surface area contributed by atoms with E-state index in [-0.39, 0.29) is 12.0 Å². The van der Waals surface area contributed by atoms with Gasteiger partial charge in [0, 0.05) is 18.8 Å². The van der Waals surface area contributed by atoms with E-state index in [0.29, 0.717) is 24.5 Å². The number of fused-ring (bicyclic) bond motifs is 1. The van der Waals surface area contributed by atoms with Crippen LogP contribution in [0, 0.1) is 0 Å². The number of pyridine rings is 1. The lowest BCUT2D eigenvalue weighted by Gasteiger charge is -2.29. The van der Waals surface area contributed by atoms with Crippen molar-refractivity contribution in [3.8, 4) is 22.8 Å². The van der Waals surface area contributed by atoms with E-state index >= 15 is 0 Å². The molecule has 2 aromatic heterocycles. The highest BCUT2D eigenvalue weighted by Crippen LogP contribution is 2.31. The first-order valence-corrected chi connectivity index (χ1v) is 8.33. The first kappa shape index (κ1) is 16.2. The highest BCUT2D eigenvalue weighted by molar-refractivity contribution is 5.94. The van der Waals surface area contributed by atoms with Gasteiger partial charge in [0.2, 0.25) is 0 Å². The zero-order valence-corrected chi connectivity index (χ0v) is 14.3. The fourth-order valence-electron chi connectivity index (χ4n) is 2.86. The van der Waals surface area contributed by atoms with E-state index in [1.807, 2.05) is 36.4 Å². The molecule has 0 N–H and O–H groups in total. The predicted octanol–water partition coefficient (Wildman–Crippen LogP) is 3.25. The van der Waals surface area contributed by atoms with Crippen molar-refractivity contribution in [2.24, 2.45) is 0 Å². The first-order valence-electron chi connectivity index (χ1n) is 8.33. The SMILES string of the molecule is CN(C[C@@H]1COc2ccccc2O1)C(=O)c1ccc(-c2ccoc2)nc1. The van der Waals surface area contributed by atoms with Crippen molar-refractivity contribution in [3.05, 3.63) is 66.8 Å². The molecule has 3 aromatic rings. The molecule has 0 bridgehead atoms. The zero-order chi connectivity index (χ0) is 17.9. The van der Waals surface area contributed by atoms with E-state index in [1.165, 1.54) is 0 Å². The smallest absolute Gasteiger partial charge is 0.255 e. The third-order valence-corrected chi connectivity index (χ3v) is 4.22. The number of ether oxygens (including phenoxy) is 2. The van der Waals surface area contributed by atoms with E-state index in [4.69, 9.17) is 13.9 Å². The van der Waals surface area contributed by atoms with Crippen LogP contribution in [0.1, 0.15) is 10.4 Å².